The van der Waals surface area contributed by atoms with E-state index in [1.165, 1.54) is 50.5 Å². The molecule has 3 aromatic rings. The minimum Gasteiger partial charge on any atom is -0.457 e. The standard InChI is InChI=1S/C21H17Cl2NO4S/c1-24(2)29(26,27)17-8-3-14(4-9-17)20(25)11-6-16-7-12-21(28-16)18-13-15(22)5-10-19(18)23/h3-13H,1-2H3/b11-6+. The van der Waals surface area contributed by atoms with Crippen LogP contribution in [-0.4, -0.2) is 32.6 Å². The van der Waals surface area contributed by atoms with Gasteiger partial charge in [-0.2, -0.15) is 0 Å². The maximum atomic E-state index is 12.4. The first kappa shape index (κ1) is 21.3. The number of furan rings is 1. The Morgan fingerprint density at radius 2 is 1.69 bits per heavy atom. The van der Waals surface area contributed by atoms with Gasteiger partial charge in [-0.05, 0) is 66.7 Å². The molecule has 0 bridgehead atoms. The second-order valence-electron chi connectivity index (χ2n) is 6.34. The molecule has 0 fully saturated rings. The summed E-state index contributed by atoms with van der Waals surface area (Å²) >= 11 is 12.2. The van der Waals surface area contributed by atoms with Crippen LogP contribution in [0.4, 0.5) is 0 Å². The van der Waals surface area contributed by atoms with Crippen molar-refractivity contribution in [2.45, 2.75) is 4.90 Å². The lowest BCUT2D eigenvalue weighted by atomic mass is 10.1. The number of carbonyl (C=O) groups is 1. The van der Waals surface area contributed by atoms with Crippen molar-refractivity contribution >= 4 is 45.1 Å². The van der Waals surface area contributed by atoms with Crippen LogP contribution in [-0.2, 0) is 10.0 Å². The molecule has 0 radical (unpaired) electrons. The molecule has 0 saturated heterocycles. The normalized spacial score (nSPS) is 12.0. The van der Waals surface area contributed by atoms with Crippen LogP contribution in [0, 0.1) is 0 Å². The van der Waals surface area contributed by atoms with Crippen molar-refractivity contribution in [1.82, 2.24) is 4.31 Å². The largest absolute Gasteiger partial charge is 0.457 e. The Bertz CT molecular complexity index is 1180. The van der Waals surface area contributed by atoms with E-state index in [1.54, 1.807) is 30.3 Å². The molecular formula is C21H17Cl2NO4S. The number of ketones is 1. The van der Waals surface area contributed by atoms with Crippen molar-refractivity contribution in [3.05, 3.63) is 82.0 Å². The maximum Gasteiger partial charge on any atom is 0.242 e. The molecule has 0 unspecified atom stereocenters. The molecule has 29 heavy (non-hydrogen) atoms. The van der Waals surface area contributed by atoms with Crippen LogP contribution in [0.25, 0.3) is 17.4 Å². The van der Waals surface area contributed by atoms with E-state index >= 15 is 0 Å². The fraction of sp³-hybridized carbons (Fsp3) is 0.0952. The van der Waals surface area contributed by atoms with Crippen molar-refractivity contribution in [3.63, 3.8) is 0 Å². The molecule has 2 aromatic carbocycles. The molecule has 5 nitrogen and oxygen atoms in total. The van der Waals surface area contributed by atoms with Crippen molar-refractivity contribution in [2.24, 2.45) is 0 Å². The van der Waals surface area contributed by atoms with Crippen LogP contribution >= 0.6 is 23.2 Å². The fourth-order valence-corrected chi connectivity index (χ4v) is 3.81. The summed E-state index contributed by atoms with van der Waals surface area (Å²) in [5.41, 5.74) is 1.02. The Labute approximate surface area is 179 Å². The molecule has 8 heteroatoms. The van der Waals surface area contributed by atoms with Gasteiger partial charge in [-0.15, -0.1) is 0 Å². The second-order valence-corrected chi connectivity index (χ2v) is 9.33. The molecule has 3 rings (SSSR count). The number of benzene rings is 2. The van der Waals surface area contributed by atoms with Crippen LogP contribution in [0.2, 0.25) is 10.0 Å². The van der Waals surface area contributed by atoms with Crippen LogP contribution in [0.3, 0.4) is 0 Å². The number of hydrogen-bond acceptors (Lipinski definition) is 4. The number of rotatable bonds is 6. The van der Waals surface area contributed by atoms with E-state index in [1.807, 2.05) is 0 Å². The minimum absolute atomic E-state index is 0.122. The van der Waals surface area contributed by atoms with Gasteiger partial charge < -0.3 is 4.42 Å². The van der Waals surface area contributed by atoms with Gasteiger partial charge in [-0.1, -0.05) is 23.2 Å². The van der Waals surface area contributed by atoms with Crippen molar-refractivity contribution < 1.29 is 17.6 Å². The van der Waals surface area contributed by atoms with Gasteiger partial charge in [0, 0.05) is 30.2 Å². The van der Waals surface area contributed by atoms with Crippen molar-refractivity contribution in [2.75, 3.05) is 14.1 Å². The number of nitrogens with zero attached hydrogens (tertiary/aromatic N) is 1. The summed E-state index contributed by atoms with van der Waals surface area (Å²) in [6.45, 7) is 0. The minimum atomic E-state index is -3.54. The highest BCUT2D eigenvalue weighted by atomic mass is 35.5. The summed E-state index contributed by atoms with van der Waals surface area (Å²) in [6, 6.07) is 14.3. The van der Waals surface area contributed by atoms with E-state index in [9.17, 15) is 13.2 Å². The molecule has 0 aliphatic heterocycles. The monoisotopic (exact) mass is 449 g/mol. The third-order valence-electron chi connectivity index (χ3n) is 4.14. The lowest BCUT2D eigenvalue weighted by Crippen LogP contribution is -2.22. The summed E-state index contributed by atoms with van der Waals surface area (Å²) in [5, 5.41) is 1.04. The van der Waals surface area contributed by atoms with Crippen molar-refractivity contribution in [1.29, 1.82) is 0 Å². The van der Waals surface area contributed by atoms with E-state index in [0.717, 1.165) is 4.31 Å². The molecule has 0 saturated carbocycles. The number of hydrogen-bond donors (Lipinski definition) is 0. The Morgan fingerprint density at radius 3 is 2.34 bits per heavy atom. The van der Waals surface area contributed by atoms with Gasteiger partial charge >= 0.3 is 0 Å². The SMILES string of the molecule is CN(C)S(=O)(=O)c1ccc(C(=O)/C=C/c2ccc(-c3cc(Cl)ccc3Cl)o2)cc1. The molecule has 0 aliphatic carbocycles. The molecular weight excluding hydrogens is 433 g/mol. The molecule has 1 heterocycles. The lowest BCUT2D eigenvalue weighted by molar-refractivity contribution is 0.104. The zero-order valence-electron chi connectivity index (χ0n) is 15.6. The number of carbonyl (C=O) groups excluding carboxylic acids is 1. The number of halogens is 2. The van der Waals surface area contributed by atoms with E-state index in [-0.39, 0.29) is 10.7 Å². The van der Waals surface area contributed by atoms with Crippen LogP contribution < -0.4 is 0 Å². The van der Waals surface area contributed by atoms with E-state index < -0.39 is 10.0 Å². The van der Waals surface area contributed by atoms with Gasteiger partial charge in [-0.25, -0.2) is 12.7 Å². The topological polar surface area (TPSA) is 67.6 Å². The van der Waals surface area contributed by atoms with Gasteiger partial charge in [0.05, 0.1) is 9.92 Å². The van der Waals surface area contributed by atoms with Crippen molar-refractivity contribution in [3.8, 4) is 11.3 Å². The average molecular weight is 450 g/mol. The smallest absolute Gasteiger partial charge is 0.242 e. The highest BCUT2D eigenvalue weighted by Crippen LogP contribution is 2.32. The second kappa shape index (κ2) is 8.55. The quantitative estimate of drug-likeness (QED) is 0.373. The summed E-state index contributed by atoms with van der Waals surface area (Å²) in [7, 11) is -0.637. The van der Waals surface area contributed by atoms with Gasteiger partial charge in [0.25, 0.3) is 0 Å². The average Bonchev–Trinajstić information content (AvgIpc) is 3.16. The first-order valence-corrected chi connectivity index (χ1v) is 10.7. The first-order chi connectivity index (χ1) is 13.7. The van der Waals surface area contributed by atoms with Crippen LogP contribution in [0.15, 0.2) is 70.0 Å². The predicted octanol–water partition coefficient (Wildman–Crippen LogP) is 5.40. The molecule has 150 valence electrons. The Hall–Kier alpha value is -2.38. The number of allylic oxidation sites excluding steroid dienone is 1. The lowest BCUT2D eigenvalue weighted by Gasteiger charge is -2.11. The Morgan fingerprint density at radius 1 is 1.00 bits per heavy atom. The first-order valence-electron chi connectivity index (χ1n) is 8.49. The molecule has 1 aromatic heterocycles. The molecule has 0 atom stereocenters. The zero-order valence-corrected chi connectivity index (χ0v) is 17.9. The molecule has 0 amide bonds. The van der Waals surface area contributed by atoms with Crippen LogP contribution in [0.5, 0.6) is 0 Å². The molecule has 0 N–H and O–H groups in total. The third kappa shape index (κ3) is 4.79. The summed E-state index contributed by atoms with van der Waals surface area (Å²) in [4.78, 5) is 12.5. The van der Waals surface area contributed by atoms with E-state index in [2.05, 4.69) is 0 Å². The van der Waals surface area contributed by atoms with Gasteiger partial charge in [0.2, 0.25) is 10.0 Å². The Kier molecular flexibility index (Phi) is 6.29. The summed E-state index contributed by atoms with van der Waals surface area (Å²) in [6.07, 6.45) is 2.90. The highest BCUT2D eigenvalue weighted by Gasteiger charge is 2.17. The Balaban J connectivity index is 1.76. The third-order valence-corrected chi connectivity index (χ3v) is 6.53. The summed E-state index contributed by atoms with van der Waals surface area (Å²) < 4.78 is 31.0. The van der Waals surface area contributed by atoms with E-state index in [4.69, 9.17) is 27.6 Å². The van der Waals surface area contributed by atoms with Gasteiger partial charge in [-0.3, -0.25) is 4.79 Å². The fourth-order valence-electron chi connectivity index (χ4n) is 2.53. The van der Waals surface area contributed by atoms with Gasteiger partial charge in [0.15, 0.2) is 5.78 Å². The van der Waals surface area contributed by atoms with Gasteiger partial charge in [0.1, 0.15) is 11.5 Å². The molecule has 0 spiro atoms. The summed E-state index contributed by atoms with van der Waals surface area (Å²) in [5.74, 6) is 0.719. The number of sulfonamides is 1. The highest BCUT2D eigenvalue weighted by molar-refractivity contribution is 7.89. The van der Waals surface area contributed by atoms with Crippen LogP contribution in [0.1, 0.15) is 16.1 Å². The predicted molar refractivity (Wildman–Crippen MR) is 115 cm³/mol. The van der Waals surface area contributed by atoms with E-state index in [0.29, 0.717) is 32.7 Å². The zero-order chi connectivity index (χ0) is 21.2. The maximum absolute atomic E-state index is 12.4. The molecule has 0 aliphatic rings.